The van der Waals surface area contributed by atoms with Gasteiger partial charge in [0.2, 0.25) is 0 Å². The third-order valence-corrected chi connectivity index (χ3v) is 5.19. The number of carbonyl (C=O) groups is 1. The fourth-order valence-corrected chi connectivity index (χ4v) is 3.61. The van der Waals surface area contributed by atoms with Crippen molar-refractivity contribution in [2.75, 3.05) is 5.32 Å². The number of anilines is 1. The van der Waals surface area contributed by atoms with Crippen molar-refractivity contribution in [3.63, 3.8) is 0 Å². The van der Waals surface area contributed by atoms with Gasteiger partial charge in [0, 0.05) is 23.4 Å². The summed E-state index contributed by atoms with van der Waals surface area (Å²) in [6.45, 7) is 3.77. The molecule has 3 aromatic rings. The summed E-state index contributed by atoms with van der Waals surface area (Å²) in [7, 11) is 0. The van der Waals surface area contributed by atoms with Gasteiger partial charge in [-0.2, -0.15) is 5.26 Å². The van der Waals surface area contributed by atoms with Gasteiger partial charge in [-0.25, -0.2) is 9.78 Å². The monoisotopic (exact) mass is 388 g/mol. The normalized spacial score (nSPS) is 14.4. The summed E-state index contributed by atoms with van der Waals surface area (Å²) < 4.78 is 1.43. The van der Waals surface area contributed by atoms with Gasteiger partial charge < -0.3 is 10.4 Å². The second-order valence-electron chi connectivity index (χ2n) is 7.45. The van der Waals surface area contributed by atoms with E-state index in [4.69, 9.17) is 4.98 Å². The van der Waals surface area contributed by atoms with Crippen LogP contribution in [-0.2, 0) is 0 Å². The van der Waals surface area contributed by atoms with Gasteiger partial charge in [-0.3, -0.25) is 9.20 Å². The number of pyridine rings is 1. The Kier molecular flexibility index (Phi) is 4.55. The summed E-state index contributed by atoms with van der Waals surface area (Å²) in [5, 5.41) is 22.2. The van der Waals surface area contributed by atoms with Gasteiger partial charge in [-0.15, -0.1) is 0 Å². The van der Waals surface area contributed by atoms with Crippen LogP contribution in [0.25, 0.3) is 5.65 Å². The van der Waals surface area contributed by atoms with Crippen LogP contribution in [0.5, 0.6) is 0 Å². The quantitative estimate of drug-likeness (QED) is 0.691. The Morgan fingerprint density at radius 1 is 1.38 bits per heavy atom. The molecule has 4 rings (SSSR count). The third-order valence-electron chi connectivity index (χ3n) is 5.19. The summed E-state index contributed by atoms with van der Waals surface area (Å²) >= 11 is 0. The number of carboxylic acid groups (broad SMARTS) is 1. The second kappa shape index (κ2) is 7.06. The van der Waals surface area contributed by atoms with Gasteiger partial charge in [-0.1, -0.05) is 12.1 Å². The Balaban J connectivity index is 1.87. The van der Waals surface area contributed by atoms with Crippen molar-refractivity contribution in [3.05, 3.63) is 74.8 Å². The van der Waals surface area contributed by atoms with Crippen molar-refractivity contribution in [2.24, 2.45) is 0 Å². The first-order valence-electron chi connectivity index (χ1n) is 9.46. The Morgan fingerprint density at radius 3 is 2.76 bits per heavy atom. The standard InChI is InChI=1S/C22H20N4O3/c1-12-9-16(13(2)24-18-6-4-3-5-15(18)22(28)29)20-25-19(14-7-8-14)17(10-23)21(27)26(20)11-12/h3-6,9,11,13-14,24H,7-8H2,1-2H3,(H,28,29)/t13-/m1/s1. The maximum Gasteiger partial charge on any atom is 0.337 e. The summed E-state index contributed by atoms with van der Waals surface area (Å²) in [4.78, 5) is 29.2. The average molecular weight is 388 g/mol. The molecule has 1 aliphatic carbocycles. The third kappa shape index (κ3) is 3.34. The number of aromatic nitrogens is 2. The van der Waals surface area contributed by atoms with E-state index < -0.39 is 5.97 Å². The van der Waals surface area contributed by atoms with Gasteiger partial charge >= 0.3 is 5.97 Å². The molecule has 1 aliphatic rings. The van der Waals surface area contributed by atoms with Crippen LogP contribution in [0.1, 0.15) is 64.5 Å². The van der Waals surface area contributed by atoms with E-state index in [9.17, 15) is 20.0 Å². The van der Waals surface area contributed by atoms with Gasteiger partial charge in [-0.05, 0) is 50.5 Å². The van der Waals surface area contributed by atoms with Crippen LogP contribution in [0.15, 0.2) is 41.3 Å². The Morgan fingerprint density at radius 2 is 2.10 bits per heavy atom. The number of hydrogen-bond donors (Lipinski definition) is 2. The number of para-hydroxylation sites is 1. The van der Waals surface area contributed by atoms with Crippen LogP contribution < -0.4 is 10.9 Å². The summed E-state index contributed by atoms with van der Waals surface area (Å²) in [6, 6.07) is 10.3. The van der Waals surface area contributed by atoms with E-state index in [0.29, 0.717) is 17.0 Å². The number of carboxylic acids is 1. The molecule has 0 bridgehead atoms. The predicted octanol–water partition coefficient (Wildman–Crippen LogP) is 3.62. The van der Waals surface area contributed by atoms with Crippen LogP contribution in [0, 0.1) is 18.3 Å². The molecule has 29 heavy (non-hydrogen) atoms. The lowest BCUT2D eigenvalue weighted by molar-refractivity contribution is 0.0698. The Bertz CT molecular complexity index is 1240. The molecule has 1 atom stereocenters. The predicted molar refractivity (Wildman–Crippen MR) is 108 cm³/mol. The minimum absolute atomic E-state index is 0.110. The van der Waals surface area contributed by atoms with Crippen molar-refractivity contribution in [1.29, 1.82) is 5.26 Å². The zero-order valence-corrected chi connectivity index (χ0v) is 16.1. The van der Waals surface area contributed by atoms with Crippen molar-refractivity contribution < 1.29 is 9.90 Å². The lowest BCUT2D eigenvalue weighted by Gasteiger charge is -2.20. The summed E-state index contributed by atoms with van der Waals surface area (Å²) in [5.74, 6) is -0.856. The highest BCUT2D eigenvalue weighted by molar-refractivity contribution is 5.94. The molecule has 1 aromatic carbocycles. The minimum atomic E-state index is -1.02. The van der Waals surface area contributed by atoms with E-state index in [1.54, 1.807) is 30.5 Å². The smallest absolute Gasteiger partial charge is 0.337 e. The number of rotatable bonds is 5. The molecule has 2 aromatic heterocycles. The zero-order valence-electron chi connectivity index (χ0n) is 16.1. The number of hydrogen-bond acceptors (Lipinski definition) is 5. The Labute approximate surface area is 167 Å². The van der Waals surface area contributed by atoms with Crippen molar-refractivity contribution in [2.45, 2.75) is 38.6 Å². The highest BCUT2D eigenvalue weighted by atomic mass is 16.4. The number of nitrogens with one attached hydrogen (secondary N) is 1. The molecule has 0 radical (unpaired) electrons. The topological polar surface area (TPSA) is 107 Å². The van der Waals surface area contributed by atoms with Gasteiger partial charge in [0.15, 0.2) is 0 Å². The second-order valence-corrected chi connectivity index (χ2v) is 7.45. The first-order chi connectivity index (χ1) is 13.9. The number of nitrogens with zero attached hydrogens (tertiary/aromatic N) is 3. The van der Waals surface area contributed by atoms with Gasteiger partial charge in [0.1, 0.15) is 17.3 Å². The molecule has 7 nitrogen and oxygen atoms in total. The molecule has 1 saturated carbocycles. The largest absolute Gasteiger partial charge is 0.478 e. The number of fused-ring (bicyclic) bond motifs is 1. The molecule has 1 fully saturated rings. The van der Waals surface area contributed by atoms with Crippen LogP contribution in [0.4, 0.5) is 5.69 Å². The first-order valence-corrected chi connectivity index (χ1v) is 9.46. The summed E-state index contributed by atoms with van der Waals surface area (Å²) in [5.41, 5.74) is 3.10. The van der Waals surface area contributed by atoms with E-state index in [0.717, 1.165) is 24.0 Å². The molecule has 0 amide bonds. The molecular formula is C22H20N4O3. The Hall–Kier alpha value is -3.66. The van der Waals surface area contributed by atoms with Crippen molar-refractivity contribution >= 4 is 17.3 Å². The highest BCUT2D eigenvalue weighted by Gasteiger charge is 2.30. The lowest BCUT2D eigenvalue weighted by atomic mass is 10.0. The van der Waals surface area contributed by atoms with E-state index in [1.165, 1.54) is 4.40 Å². The number of aromatic carboxylic acids is 1. The van der Waals surface area contributed by atoms with E-state index in [2.05, 4.69) is 5.32 Å². The molecule has 2 heterocycles. The SMILES string of the molecule is Cc1cc([C@@H](C)Nc2ccccc2C(=O)O)c2nc(C3CC3)c(C#N)c(=O)n2c1. The fourth-order valence-electron chi connectivity index (χ4n) is 3.61. The van der Waals surface area contributed by atoms with E-state index in [-0.39, 0.29) is 28.6 Å². The number of benzene rings is 1. The number of nitriles is 1. The maximum atomic E-state index is 12.9. The molecule has 0 aliphatic heterocycles. The fraction of sp³-hybridized carbons (Fsp3) is 0.273. The molecule has 2 N–H and O–H groups in total. The molecule has 146 valence electrons. The molecule has 0 spiro atoms. The van der Waals surface area contributed by atoms with Gasteiger partial charge in [0.05, 0.1) is 17.3 Å². The van der Waals surface area contributed by atoms with Crippen molar-refractivity contribution in [1.82, 2.24) is 9.38 Å². The van der Waals surface area contributed by atoms with Crippen LogP contribution in [0.3, 0.4) is 0 Å². The van der Waals surface area contributed by atoms with Crippen LogP contribution >= 0.6 is 0 Å². The van der Waals surface area contributed by atoms with Crippen LogP contribution in [-0.4, -0.2) is 20.5 Å². The first kappa shape index (κ1) is 18.7. The molecule has 7 heteroatoms. The van der Waals surface area contributed by atoms with Gasteiger partial charge in [0.25, 0.3) is 5.56 Å². The highest BCUT2D eigenvalue weighted by Crippen LogP contribution is 2.40. The minimum Gasteiger partial charge on any atom is -0.478 e. The molecular weight excluding hydrogens is 368 g/mol. The average Bonchev–Trinajstić information content (AvgIpc) is 3.53. The zero-order chi connectivity index (χ0) is 20.7. The molecule has 0 saturated heterocycles. The lowest BCUT2D eigenvalue weighted by Crippen LogP contribution is -2.23. The van der Waals surface area contributed by atoms with E-state index >= 15 is 0 Å². The summed E-state index contributed by atoms with van der Waals surface area (Å²) in [6.07, 6.45) is 3.54. The maximum absolute atomic E-state index is 12.9. The molecule has 0 unspecified atom stereocenters. The van der Waals surface area contributed by atoms with E-state index in [1.807, 2.05) is 26.0 Å². The van der Waals surface area contributed by atoms with Crippen molar-refractivity contribution in [3.8, 4) is 6.07 Å². The van der Waals surface area contributed by atoms with Crippen LogP contribution in [0.2, 0.25) is 0 Å². The number of aryl methyl sites for hydroxylation is 1.